The summed E-state index contributed by atoms with van der Waals surface area (Å²) < 4.78 is 17.9. The summed E-state index contributed by atoms with van der Waals surface area (Å²) in [6.07, 6.45) is 0. The highest BCUT2D eigenvalue weighted by Gasteiger charge is 2.68. The zero-order valence-electron chi connectivity index (χ0n) is 10.8. The van der Waals surface area contributed by atoms with Gasteiger partial charge in [0.1, 0.15) is 6.61 Å². The molecule has 19 heavy (non-hydrogen) atoms. The molecule has 100 valence electrons. The fourth-order valence-corrected chi connectivity index (χ4v) is 4.08. The number of hydrogen-bond acceptors (Lipinski definition) is 5. The van der Waals surface area contributed by atoms with Gasteiger partial charge in [0, 0.05) is 4.90 Å². The fourth-order valence-electron chi connectivity index (χ4n) is 2.44. The van der Waals surface area contributed by atoms with E-state index in [9.17, 15) is 9.00 Å². The summed E-state index contributed by atoms with van der Waals surface area (Å²) in [5.74, 6) is -0.532. The van der Waals surface area contributed by atoms with Gasteiger partial charge in [-0.25, -0.2) is 4.79 Å². The first-order chi connectivity index (χ1) is 8.99. The van der Waals surface area contributed by atoms with Crippen LogP contribution in [-0.2, 0) is 20.3 Å². The van der Waals surface area contributed by atoms with Crippen molar-refractivity contribution in [2.24, 2.45) is 15.6 Å². The van der Waals surface area contributed by atoms with E-state index in [-0.39, 0.29) is 6.61 Å². The first-order valence-electron chi connectivity index (χ1n) is 6.04. The van der Waals surface area contributed by atoms with Crippen molar-refractivity contribution in [1.29, 1.82) is 0 Å². The number of aryl methyl sites for hydroxylation is 1. The van der Waals surface area contributed by atoms with Gasteiger partial charge in [-0.05, 0) is 19.1 Å². The molecule has 3 atom stereocenters. The number of esters is 1. The number of nitrogens with zero attached hydrogens (tertiary/aromatic N) is 2. The maximum absolute atomic E-state index is 12.8. The molecule has 0 bridgehead atoms. The smallest absolute Gasteiger partial charge is 0.350 e. The second-order valence-electron chi connectivity index (χ2n) is 5.26. The number of ether oxygens (including phenoxy) is 1. The molecule has 1 saturated heterocycles. The van der Waals surface area contributed by atoms with Crippen molar-refractivity contribution in [2.75, 3.05) is 13.2 Å². The van der Waals surface area contributed by atoms with Crippen LogP contribution in [-0.4, -0.2) is 28.2 Å². The molecule has 1 aromatic rings. The summed E-state index contributed by atoms with van der Waals surface area (Å²) >= 11 is 0. The van der Waals surface area contributed by atoms with Crippen LogP contribution in [0.2, 0.25) is 0 Å². The van der Waals surface area contributed by atoms with E-state index in [1.165, 1.54) is 0 Å². The number of fused-ring (bicyclic) bond motifs is 1. The topological polar surface area (TPSA) is 68.1 Å². The van der Waals surface area contributed by atoms with Crippen molar-refractivity contribution in [3.63, 3.8) is 0 Å². The second kappa shape index (κ2) is 3.96. The van der Waals surface area contributed by atoms with Crippen LogP contribution in [0, 0.1) is 12.3 Å². The predicted molar refractivity (Wildman–Crippen MR) is 69.1 cm³/mol. The van der Waals surface area contributed by atoms with E-state index >= 15 is 0 Å². The minimum Gasteiger partial charge on any atom is -0.462 e. The normalized spacial score (nSPS) is 34.1. The Hall–Kier alpha value is -1.56. The van der Waals surface area contributed by atoms with Crippen LogP contribution >= 0.6 is 0 Å². The minimum atomic E-state index is -1.60. The maximum Gasteiger partial charge on any atom is 0.350 e. The third kappa shape index (κ3) is 1.52. The maximum atomic E-state index is 12.8. The standard InChI is InChI=1S/C13H14N2O3S/c1-9-3-5-10(6-4-9)19(17)13-11(16)18-8-12(13,2)7-14-15-13/h3-6H,7-8H2,1-2H3/t12-,13-,19?/m0/s1. The molecule has 2 aliphatic rings. The van der Waals surface area contributed by atoms with Crippen LogP contribution in [0.4, 0.5) is 0 Å². The lowest BCUT2D eigenvalue weighted by molar-refractivity contribution is -0.140. The molecule has 1 fully saturated rings. The Bertz CT molecular complexity index is 598. The Labute approximate surface area is 113 Å². The predicted octanol–water partition coefficient (Wildman–Crippen LogP) is 1.83. The first-order valence-corrected chi connectivity index (χ1v) is 7.19. The van der Waals surface area contributed by atoms with Crippen LogP contribution in [0.15, 0.2) is 39.4 Å². The Morgan fingerprint density at radius 3 is 2.68 bits per heavy atom. The lowest BCUT2D eigenvalue weighted by atomic mass is 9.86. The lowest BCUT2D eigenvalue weighted by Gasteiger charge is -2.27. The van der Waals surface area contributed by atoms with Gasteiger partial charge < -0.3 is 4.74 Å². The molecular weight excluding hydrogens is 264 g/mol. The molecule has 1 unspecified atom stereocenters. The SMILES string of the molecule is Cc1ccc(S(=O)[C@]23N=NC[C@@]2(C)COC3=O)cc1. The van der Waals surface area contributed by atoms with E-state index in [1.54, 1.807) is 12.1 Å². The van der Waals surface area contributed by atoms with E-state index in [0.29, 0.717) is 11.4 Å². The third-order valence-corrected chi connectivity index (χ3v) is 5.73. The molecule has 0 N–H and O–H groups in total. The zero-order valence-corrected chi connectivity index (χ0v) is 11.6. The van der Waals surface area contributed by atoms with Gasteiger partial charge >= 0.3 is 5.97 Å². The quantitative estimate of drug-likeness (QED) is 0.775. The number of azo groups is 1. The molecule has 2 aliphatic heterocycles. The fraction of sp³-hybridized carbons (Fsp3) is 0.462. The highest BCUT2D eigenvalue weighted by molar-refractivity contribution is 7.87. The molecule has 3 rings (SSSR count). The van der Waals surface area contributed by atoms with Crippen molar-refractivity contribution in [3.8, 4) is 0 Å². The van der Waals surface area contributed by atoms with E-state index in [2.05, 4.69) is 10.2 Å². The molecule has 2 heterocycles. The van der Waals surface area contributed by atoms with E-state index < -0.39 is 27.1 Å². The molecule has 0 spiro atoms. The molecule has 5 nitrogen and oxygen atoms in total. The first kappa shape index (κ1) is 12.5. The summed E-state index contributed by atoms with van der Waals surface area (Å²) in [6.45, 7) is 4.39. The van der Waals surface area contributed by atoms with Crippen LogP contribution < -0.4 is 0 Å². The van der Waals surface area contributed by atoms with Gasteiger partial charge in [0.2, 0.25) is 0 Å². The number of carbonyl (C=O) groups excluding carboxylic acids is 1. The molecule has 0 radical (unpaired) electrons. The molecule has 6 heteroatoms. The Balaban J connectivity index is 2.09. The largest absolute Gasteiger partial charge is 0.462 e. The average Bonchev–Trinajstić information content (AvgIpc) is 2.85. The molecule has 0 aliphatic carbocycles. The van der Waals surface area contributed by atoms with Gasteiger partial charge in [0.25, 0.3) is 4.87 Å². The van der Waals surface area contributed by atoms with E-state index in [4.69, 9.17) is 4.74 Å². The number of rotatable bonds is 2. The van der Waals surface area contributed by atoms with Crippen LogP contribution in [0.5, 0.6) is 0 Å². The third-order valence-electron chi connectivity index (χ3n) is 3.75. The van der Waals surface area contributed by atoms with Crippen molar-refractivity contribution >= 4 is 16.8 Å². The monoisotopic (exact) mass is 278 g/mol. The number of carbonyl (C=O) groups is 1. The Morgan fingerprint density at radius 2 is 2.00 bits per heavy atom. The average molecular weight is 278 g/mol. The molecular formula is C13H14N2O3S. The van der Waals surface area contributed by atoms with Gasteiger partial charge in [0.05, 0.1) is 22.8 Å². The molecule has 0 aromatic heterocycles. The summed E-state index contributed by atoms with van der Waals surface area (Å²) in [5, 5.41) is 7.99. The summed E-state index contributed by atoms with van der Waals surface area (Å²) in [4.78, 5) is 11.3. The minimum absolute atomic E-state index is 0.219. The van der Waals surface area contributed by atoms with Gasteiger partial charge in [-0.1, -0.05) is 24.6 Å². The van der Waals surface area contributed by atoms with Crippen molar-refractivity contribution < 1.29 is 13.7 Å². The van der Waals surface area contributed by atoms with Crippen molar-refractivity contribution in [1.82, 2.24) is 0 Å². The van der Waals surface area contributed by atoms with Gasteiger partial charge in [-0.3, -0.25) is 4.21 Å². The number of hydrogen-bond donors (Lipinski definition) is 0. The number of cyclic esters (lactones) is 1. The van der Waals surface area contributed by atoms with Crippen LogP contribution in [0.1, 0.15) is 12.5 Å². The zero-order chi connectivity index (χ0) is 13.7. The lowest BCUT2D eigenvalue weighted by Crippen LogP contribution is -2.48. The Kier molecular flexibility index (Phi) is 2.60. The van der Waals surface area contributed by atoms with Crippen molar-refractivity contribution in [2.45, 2.75) is 23.6 Å². The van der Waals surface area contributed by atoms with Gasteiger partial charge in [-0.15, -0.1) is 0 Å². The van der Waals surface area contributed by atoms with Crippen LogP contribution in [0.3, 0.4) is 0 Å². The molecule has 1 aromatic carbocycles. The Morgan fingerprint density at radius 1 is 1.32 bits per heavy atom. The summed E-state index contributed by atoms with van der Waals surface area (Å²) in [6, 6.07) is 7.27. The summed E-state index contributed by atoms with van der Waals surface area (Å²) in [7, 11) is -1.60. The van der Waals surface area contributed by atoms with Crippen molar-refractivity contribution in [3.05, 3.63) is 29.8 Å². The highest BCUT2D eigenvalue weighted by Crippen LogP contribution is 2.49. The van der Waals surface area contributed by atoms with Gasteiger partial charge in [-0.2, -0.15) is 10.2 Å². The molecule has 0 amide bonds. The number of benzene rings is 1. The van der Waals surface area contributed by atoms with Crippen LogP contribution in [0.25, 0.3) is 0 Å². The van der Waals surface area contributed by atoms with E-state index in [1.807, 2.05) is 26.0 Å². The summed E-state index contributed by atoms with van der Waals surface area (Å²) in [5.41, 5.74) is 0.461. The van der Waals surface area contributed by atoms with E-state index in [0.717, 1.165) is 5.56 Å². The second-order valence-corrected chi connectivity index (χ2v) is 6.86. The molecule has 0 saturated carbocycles. The highest BCUT2D eigenvalue weighted by atomic mass is 32.2. The van der Waals surface area contributed by atoms with Gasteiger partial charge in [0.15, 0.2) is 0 Å².